The summed E-state index contributed by atoms with van der Waals surface area (Å²) in [6, 6.07) is 6.69. The largest absolute Gasteiger partial charge is 0.343 e. The van der Waals surface area contributed by atoms with Crippen molar-refractivity contribution in [2.75, 3.05) is 20.1 Å². The number of carbonyl (C=O) groups is 1. The maximum atomic E-state index is 12.1. The Morgan fingerprint density at radius 2 is 1.76 bits per heavy atom. The molecule has 2 rings (SSSR count). The third-order valence-electron chi connectivity index (χ3n) is 3.84. The van der Waals surface area contributed by atoms with Crippen molar-refractivity contribution in [3.63, 3.8) is 0 Å². The van der Waals surface area contributed by atoms with Crippen LogP contribution in [-0.4, -0.2) is 39.4 Å². The molecule has 1 amide bonds. The maximum Gasteiger partial charge on any atom is 0.240 e. The quantitative estimate of drug-likeness (QED) is 0.897. The highest BCUT2D eigenvalue weighted by molar-refractivity contribution is 7.89. The van der Waals surface area contributed by atoms with E-state index in [1.807, 2.05) is 4.90 Å². The molecule has 0 unspecified atom stereocenters. The molecule has 21 heavy (non-hydrogen) atoms. The Balaban J connectivity index is 1.90. The molecule has 1 aromatic carbocycles. The van der Waals surface area contributed by atoms with Crippen LogP contribution in [0.2, 0.25) is 0 Å². The van der Waals surface area contributed by atoms with Crippen molar-refractivity contribution >= 4 is 15.9 Å². The highest BCUT2D eigenvalue weighted by Crippen LogP contribution is 2.14. The van der Waals surface area contributed by atoms with Gasteiger partial charge in [-0.15, -0.1) is 0 Å². The molecule has 1 aromatic rings. The van der Waals surface area contributed by atoms with Gasteiger partial charge in [0, 0.05) is 19.5 Å². The minimum atomic E-state index is -3.39. The van der Waals surface area contributed by atoms with Crippen molar-refractivity contribution in [1.82, 2.24) is 9.62 Å². The smallest absolute Gasteiger partial charge is 0.240 e. The predicted octanol–water partition coefficient (Wildman–Crippen LogP) is 1.54. The summed E-state index contributed by atoms with van der Waals surface area (Å²) in [5.74, 6) is 0.196. The minimum Gasteiger partial charge on any atom is -0.343 e. The molecule has 0 aromatic heterocycles. The van der Waals surface area contributed by atoms with Crippen molar-refractivity contribution < 1.29 is 13.2 Å². The van der Waals surface area contributed by atoms with E-state index in [1.54, 1.807) is 24.3 Å². The van der Waals surface area contributed by atoms with Gasteiger partial charge in [0.2, 0.25) is 15.9 Å². The molecule has 0 saturated carbocycles. The van der Waals surface area contributed by atoms with Crippen LogP contribution in [0.25, 0.3) is 0 Å². The summed E-state index contributed by atoms with van der Waals surface area (Å²) in [5.41, 5.74) is 0.982. The summed E-state index contributed by atoms with van der Waals surface area (Å²) < 4.78 is 25.5. The summed E-state index contributed by atoms with van der Waals surface area (Å²) in [6.07, 6.45) is 4.54. The van der Waals surface area contributed by atoms with Gasteiger partial charge in [0.1, 0.15) is 0 Å². The molecule has 1 saturated heterocycles. The van der Waals surface area contributed by atoms with Gasteiger partial charge in [0.05, 0.1) is 4.90 Å². The second kappa shape index (κ2) is 7.04. The zero-order valence-electron chi connectivity index (χ0n) is 12.3. The molecule has 1 fully saturated rings. The number of sulfonamides is 1. The zero-order valence-corrected chi connectivity index (χ0v) is 13.2. The molecule has 1 N–H and O–H groups in total. The first kappa shape index (κ1) is 16.0. The number of likely N-dealkylation sites (tertiary alicyclic amines) is 1. The van der Waals surface area contributed by atoms with Crippen molar-refractivity contribution in [1.29, 1.82) is 0 Å². The fraction of sp³-hybridized carbons (Fsp3) is 0.533. The Morgan fingerprint density at radius 1 is 1.14 bits per heavy atom. The van der Waals surface area contributed by atoms with E-state index in [4.69, 9.17) is 0 Å². The number of nitrogens with one attached hydrogen (secondary N) is 1. The molecule has 0 spiro atoms. The summed E-state index contributed by atoms with van der Waals surface area (Å²) >= 11 is 0. The van der Waals surface area contributed by atoms with Crippen molar-refractivity contribution in [3.05, 3.63) is 29.8 Å². The van der Waals surface area contributed by atoms with Gasteiger partial charge in [0.25, 0.3) is 0 Å². The Hall–Kier alpha value is -1.40. The first-order chi connectivity index (χ1) is 10.0. The van der Waals surface area contributed by atoms with Crippen LogP contribution in [0.15, 0.2) is 29.2 Å². The molecule has 1 heterocycles. The second-order valence-corrected chi connectivity index (χ2v) is 7.18. The first-order valence-electron chi connectivity index (χ1n) is 7.33. The molecule has 5 nitrogen and oxygen atoms in total. The number of piperidine rings is 1. The Morgan fingerprint density at radius 3 is 2.33 bits per heavy atom. The van der Waals surface area contributed by atoms with Gasteiger partial charge in [0.15, 0.2) is 0 Å². The fourth-order valence-corrected chi connectivity index (χ4v) is 3.24. The maximum absolute atomic E-state index is 12.1. The Bertz CT molecular complexity index is 575. The van der Waals surface area contributed by atoms with Gasteiger partial charge >= 0.3 is 0 Å². The number of benzene rings is 1. The van der Waals surface area contributed by atoms with Gasteiger partial charge in [-0.1, -0.05) is 12.1 Å². The average Bonchev–Trinajstić information content (AvgIpc) is 2.54. The van der Waals surface area contributed by atoms with Gasteiger partial charge in [-0.3, -0.25) is 4.79 Å². The highest BCUT2D eigenvalue weighted by atomic mass is 32.2. The number of hydrogen-bond acceptors (Lipinski definition) is 3. The monoisotopic (exact) mass is 310 g/mol. The molecule has 0 bridgehead atoms. The summed E-state index contributed by atoms with van der Waals surface area (Å²) in [6.45, 7) is 1.75. The lowest BCUT2D eigenvalue weighted by Gasteiger charge is -2.26. The molecule has 1 aliphatic heterocycles. The van der Waals surface area contributed by atoms with Gasteiger partial charge < -0.3 is 4.90 Å². The van der Waals surface area contributed by atoms with E-state index >= 15 is 0 Å². The summed E-state index contributed by atoms with van der Waals surface area (Å²) in [7, 11) is -2.00. The van der Waals surface area contributed by atoms with Gasteiger partial charge in [-0.05, 0) is 50.4 Å². The molecule has 0 aliphatic carbocycles. The highest BCUT2D eigenvalue weighted by Gasteiger charge is 2.16. The van der Waals surface area contributed by atoms with Crippen molar-refractivity contribution in [2.45, 2.75) is 37.0 Å². The lowest BCUT2D eigenvalue weighted by atomic mass is 10.1. The topological polar surface area (TPSA) is 66.5 Å². The molecule has 0 atom stereocenters. The Kier molecular flexibility index (Phi) is 5.36. The zero-order chi connectivity index (χ0) is 15.3. The number of rotatable bonds is 5. The van der Waals surface area contributed by atoms with Crippen LogP contribution in [-0.2, 0) is 21.2 Å². The van der Waals surface area contributed by atoms with Crippen LogP contribution in [0.3, 0.4) is 0 Å². The lowest BCUT2D eigenvalue weighted by Crippen LogP contribution is -2.35. The van der Waals surface area contributed by atoms with Crippen LogP contribution in [0, 0.1) is 0 Å². The van der Waals surface area contributed by atoms with E-state index in [9.17, 15) is 13.2 Å². The molecule has 116 valence electrons. The van der Waals surface area contributed by atoms with E-state index in [-0.39, 0.29) is 10.8 Å². The van der Waals surface area contributed by atoms with E-state index in [2.05, 4.69) is 4.72 Å². The first-order valence-corrected chi connectivity index (χ1v) is 8.81. The third-order valence-corrected chi connectivity index (χ3v) is 5.27. The second-order valence-electron chi connectivity index (χ2n) is 5.29. The van der Waals surface area contributed by atoms with E-state index < -0.39 is 10.0 Å². The average molecular weight is 310 g/mol. The summed E-state index contributed by atoms with van der Waals surface area (Å²) in [4.78, 5) is 14.2. The molecular weight excluding hydrogens is 288 g/mol. The van der Waals surface area contributed by atoms with Crippen LogP contribution in [0.4, 0.5) is 0 Å². The van der Waals surface area contributed by atoms with Crippen LogP contribution in [0.5, 0.6) is 0 Å². The van der Waals surface area contributed by atoms with E-state index in [0.717, 1.165) is 31.5 Å². The number of carbonyl (C=O) groups excluding carboxylic acids is 1. The third kappa shape index (κ3) is 4.28. The van der Waals surface area contributed by atoms with Crippen molar-refractivity contribution in [2.24, 2.45) is 0 Å². The van der Waals surface area contributed by atoms with Gasteiger partial charge in [-0.25, -0.2) is 13.1 Å². The number of hydrogen-bond donors (Lipinski definition) is 1. The van der Waals surface area contributed by atoms with Crippen molar-refractivity contribution in [3.8, 4) is 0 Å². The minimum absolute atomic E-state index is 0.196. The van der Waals surface area contributed by atoms with Crippen LogP contribution >= 0.6 is 0 Å². The van der Waals surface area contributed by atoms with E-state index in [0.29, 0.717) is 12.8 Å². The number of aryl methyl sites for hydroxylation is 1. The van der Waals surface area contributed by atoms with E-state index in [1.165, 1.54) is 13.5 Å². The normalized spacial score (nSPS) is 16.0. The fourth-order valence-electron chi connectivity index (χ4n) is 2.51. The summed E-state index contributed by atoms with van der Waals surface area (Å²) in [5, 5.41) is 0. The van der Waals surface area contributed by atoms with Crippen LogP contribution in [0.1, 0.15) is 31.2 Å². The predicted molar refractivity (Wildman–Crippen MR) is 81.4 cm³/mol. The molecule has 0 radical (unpaired) electrons. The number of nitrogens with zero attached hydrogens (tertiary/aromatic N) is 1. The standard InChI is InChI=1S/C15H22N2O3S/c1-16-21(19,20)14-8-5-13(6-9-14)7-10-15(18)17-11-3-2-4-12-17/h5-6,8-9,16H,2-4,7,10-12H2,1H3. The number of amides is 1. The lowest BCUT2D eigenvalue weighted by molar-refractivity contribution is -0.132. The molecular formula is C15H22N2O3S. The molecule has 6 heteroatoms. The van der Waals surface area contributed by atoms with Gasteiger partial charge in [-0.2, -0.15) is 0 Å². The Labute approximate surface area is 126 Å². The molecule has 1 aliphatic rings. The van der Waals surface area contributed by atoms with Crippen LogP contribution < -0.4 is 4.72 Å². The SMILES string of the molecule is CNS(=O)(=O)c1ccc(CCC(=O)N2CCCCC2)cc1.